The fourth-order valence-electron chi connectivity index (χ4n) is 8.56. The summed E-state index contributed by atoms with van der Waals surface area (Å²) in [6, 6.07) is 0. The molecule has 4 nitrogen and oxygen atoms in total. The number of hydrogen-bond acceptors (Lipinski definition) is 4. The lowest BCUT2D eigenvalue weighted by molar-refractivity contribution is -0.201. The average Bonchev–Trinajstić information content (AvgIpc) is 3.01. The van der Waals surface area contributed by atoms with Gasteiger partial charge in [-0.2, -0.15) is 0 Å². The normalized spacial score (nSPS) is 51.9. The molecule has 4 rings (SSSR count). The van der Waals surface area contributed by atoms with E-state index in [1.165, 1.54) is 0 Å². The van der Waals surface area contributed by atoms with Gasteiger partial charge < -0.3 is 15.3 Å². The molecule has 4 aliphatic rings. The van der Waals surface area contributed by atoms with Crippen LogP contribution in [0.3, 0.4) is 0 Å². The number of aliphatic hydroxyl groups is 3. The molecule has 3 N–H and O–H groups in total. The fraction of sp³-hybridized carbons (Fsp3) is 0.958. The molecule has 4 fully saturated rings. The second-order valence-corrected chi connectivity index (χ2v) is 11.2. The third-order valence-corrected chi connectivity index (χ3v) is 10.2. The third kappa shape index (κ3) is 2.93. The van der Waals surface area contributed by atoms with E-state index in [0.29, 0.717) is 42.3 Å². The zero-order chi connectivity index (χ0) is 20.3. The number of Topliss-reactive ketones (excluding diaryl/α,β-unsaturated/α-hetero) is 1. The van der Waals surface area contributed by atoms with E-state index in [4.69, 9.17) is 0 Å². The molecule has 0 radical (unpaired) electrons. The molecule has 28 heavy (non-hydrogen) atoms. The largest absolute Gasteiger partial charge is 0.396 e. The Kier molecular flexibility index (Phi) is 5.46. The number of fused-ring (bicyclic) bond motifs is 5. The van der Waals surface area contributed by atoms with Gasteiger partial charge in [0.1, 0.15) is 5.78 Å². The molecule has 0 heterocycles. The SMILES string of the molecule is CC(CCCO)C1CCC2[C@@H]3C(O)CC4CC(=O)CC[C@]4(C)C3CC(O)[C@]12C. The summed E-state index contributed by atoms with van der Waals surface area (Å²) in [7, 11) is 0. The predicted octanol–water partition coefficient (Wildman–Crippen LogP) is 3.56. The topological polar surface area (TPSA) is 77.8 Å². The van der Waals surface area contributed by atoms with Gasteiger partial charge in [0.15, 0.2) is 0 Å². The molecular formula is C24H40O4. The second kappa shape index (κ2) is 7.35. The summed E-state index contributed by atoms with van der Waals surface area (Å²) in [5.74, 6) is 2.55. The summed E-state index contributed by atoms with van der Waals surface area (Å²) in [6.45, 7) is 7.16. The number of aliphatic hydroxyl groups excluding tert-OH is 3. The summed E-state index contributed by atoms with van der Waals surface area (Å²) in [5.41, 5.74) is -0.0502. The highest BCUT2D eigenvalue weighted by molar-refractivity contribution is 5.79. The minimum Gasteiger partial charge on any atom is -0.396 e. The summed E-state index contributed by atoms with van der Waals surface area (Å²) in [5, 5.41) is 31.9. The number of hydrogen-bond donors (Lipinski definition) is 3. The van der Waals surface area contributed by atoms with Crippen molar-refractivity contribution in [2.75, 3.05) is 6.61 Å². The van der Waals surface area contributed by atoms with Gasteiger partial charge in [-0.1, -0.05) is 20.8 Å². The molecule has 4 aliphatic carbocycles. The van der Waals surface area contributed by atoms with Crippen LogP contribution in [0.2, 0.25) is 0 Å². The molecule has 0 amide bonds. The number of carbonyl (C=O) groups is 1. The summed E-state index contributed by atoms with van der Waals surface area (Å²) in [4.78, 5) is 12.1. The maximum Gasteiger partial charge on any atom is 0.133 e. The molecule has 7 unspecified atom stereocenters. The monoisotopic (exact) mass is 392 g/mol. The van der Waals surface area contributed by atoms with Gasteiger partial charge in [-0.05, 0) is 91.3 Å². The Balaban J connectivity index is 1.63. The van der Waals surface area contributed by atoms with Crippen LogP contribution in [0.15, 0.2) is 0 Å². The lowest BCUT2D eigenvalue weighted by Gasteiger charge is -2.63. The highest BCUT2D eigenvalue weighted by Gasteiger charge is 2.65. The van der Waals surface area contributed by atoms with Crippen LogP contribution in [0.4, 0.5) is 0 Å². The van der Waals surface area contributed by atoms with Crippen LogP contribution < -0.4 is 0 Å². The molecule has 4 heteroatoms. The molecule has 0 spiro atoms. The van der Waals surface area contributed by atoms with Crippen molar-refractivity contribution in [3.63, 3.8) is 0 Å². The molecule has 0 aromatic carbocycles. The summed E-state index contributed by atoms with van der Waals surface area (Å²) in [6.07, 6.45) is 7.15. The van der Waals surface area contributed by atoms with E-state index in [9.17, 15) is 20.1 Å². The summed E-state index contributed by atoms with van der Waals surface area (Å²) >= 11 is 0. The van der Waals surface area contributed by atoms with Crippen molar-refractivity contribution in [3.8, 4) is 0 Å². The molecule has 10 atom stereocenters. The standard InChI is InChI=1S/C24H40O4/c1-14(5-4-10-25)17-6-7-18-22-19(13-21(28)24(17,18)3)23(2)9-8-16(26)11-15(23)12-20(22)27/h14-15,17-22,25,27-28H,4-13H2,1-3H3/t14?,15?,17?,18?,19?,20?,21?,22-,23-,24+/m0/s1. The van der Waals surface area contributed by atoms with Crippen molar-refractivity contribution < 1.29 is 20.1 Å². The smallest absolute Gasteiger partial charge is 0.133 e. The lowest BCUT2D eigenvalue weighted by atomic mass is 9.43. The number of ketones is 1. The van der Waals surface area contributed by atoms with Crippen molar-refractivity contribution in [2.24, 2.45) is 46.3 Å². The van der Waals surface area contributed by atoms with Crippen molar-refractivity contribution in [1.29, 1.82) is 0 Å². The Hall–Kier alpha value is -0.450. The third-order valence-electron chi connectivity index (χ3n) is 10.2. The quantitative estimate of drug-likeness (QED) is 0.683. The lowest BCUT2D eigenvalue weighted by Crippen LogP contribution is -2.62. The molecule has 4 saturated carbocycles. The zero-order valence-electron chi connectivity index (χ0n) is 17.9. The first-order chi connectivity index (χ1) is 13.2. The highest BCUT2D eigenvalue weighted by Crippen LogP contribution is 2.68. The van der Waals surface area contributed by atoms with Crippen LogP contribution in [-0.4, -0.2) is 39.9 Å². The summed E-state index contributed by atoms with van der Waals surface area (Å²) < 4.78 is 0. The van der Waals surface area contributed by atoms with Gasteiger partial charge in [0.05, 0.1) is 12.2 Å². The Bertz CT molecular complexity index is 605. The van der Waals surface area contributed by atoms with Crippen molar-refractivity contribution in [3.05, 3.63) is 0 Å². The van der Waals surface area contributed by atoms with Crippen LogP contribution in [-0.2, 0) is 4.79 Å². The first-order valence-corrected chi connectivity index (χ1v) is 11.7. The fourth-order valence-corrected chi connectivity index (χ4v) is 8.56. The van der Waals surface area contributed by atoms with Crippen molar-refractivity contribution in [2.45, 2.75) is 90.8 Å². The minimum atomic E-state index is -0.336. The van der Waals surface area contributed by atoms with E-state index in [1.54, 1.807) is 0 Å². The second-order valence-electron chi connectivity index (χ2n) is 11.2. The Morgan fingerprint density at radius 2 is 1.89 bits per heavy atom. The highest BCUT2D eigenvalue weighted by atomic mass is 16.3. The maximum atomic E-state index is 12.1. The maximum absolute atomic E-state index is 12.1. The molecule has 0 bridgehead atoms. The number of carbonyl (C=O) groups excluding carboxylic acids is 1. The van der Waals surface area contributed by atoms with E-state index in [1.807, 2.05) is 0 Å². The van der Waals surface area contributed by atoms with E-state index >= 15 is 0 Å². The molecule has 0 saturated heterocycles. The van der Waals surface area contributed by atoms with Crippen LogP contribution in [0, 0.1) is 46.3 Å². The van der Waals surface area contributed by atoms with Crippen LogP contribution in [0.1, 0.15) is 78.6 Å². The molecule has 0 aromatic heterocycles. The van der Waals surface area contributed by atoms with Gasteiger partial charge in [0.2, 0.25) is 0 Å². The van der Waals surface area contributed by atoms with Gasteiger partial charge in [0, 0.05) is 19.4 Å². The molecule has 0 aromatic rings. The Morgan fingerprint density at radius 3 is 2.61 bits per heavy atom. The van der Waals surface area contributed by atoms with Gasteiger partial charge >= 0.3 is 0 Å². The first-order valence-electron chi connectivity index (χ1n) is 11.7. The Morgan fingerprint density at radius 1 is 1.14 bits per heavy atom. The van der Waals surface area contributed by atoms with Crippen LogP contribution in [0.5, 0.6) is 0 Å². The molecule has 160 valence electrons. The average molecular weight is 393 g/mol. The molecular weight excluding hydrogens is 352 g/mol. The Labute approximate surface area is 170 Å². The molecule has 0 aliphatic heterocycles. The minimum absolute atomic E-state index is 0.0840. The van der Waals surface area contributed by atoms with Crippen molar-refractivity contribution in [1.82, 2.24) is 0 Å². The zero-order valence-corrected chi connectivity index (χ0v) is 17.9. The van der Waals surface area contributed by atoms with Crippen LogP contribution in [0.25, 0.3) is 0 Å². The van der Waals surface area contributed by atoms with E-state index < -0.39 is 0 Å². The van der Waals surface area contributed by atoms with E-state index in [0.717, 1.165) is 44.9 Å². The van der Waals surface area contributed by atoms with Gasteiger partial charge in [-0.3, -0.25) is 4.79 Å². The van der Waals surface area contributed by atoms with E-state index in [2.05, 4.69) is 20.8 Å². The first kappa shape index (κ1) is 20.8. The predicted molar refractivity (Wildman–Crippen MR) is 108 cm³/mol. The van der Waals surface area contributed by atoms with Gasteiger partial charge in [0.25, 0.3) is 0 Å². The van der Waals surface area contributed by atoms with Gasteiger partial charge in [-0.25, -0.2) is 0 Å². The van der Waals surface area contributed by atoms with Crippen LogP contribution >= 0.6 is 0 Å². The van der Waals surface area contributed by atoms with Crippen molar-refractivity contribution >= 4 is 5.78 Å². The van der Waals surface area contributed by atoms with E-state index in [-0.39, 0.29) is 41.5 Å². The van der Waals surface area contributed by atoms with Gasteiger partial charge in [-0.15, -0.1) is 0 Å². The number of rotatable bonds is 4.